The first kappa shape index (κ1) is 26.1. The van der Waals surface area contributed by atoms with Crippen LogP contribution in [0.4, 0.5) is 16.2 Å². The minimum Gasteiger partial charge on any atom is -0.307 e. The number of urea groups is 1. The van der Waals surface area contributed by atoms with Gasteiger partial charge in [0.15, 0.2) is 0 Å². The largest absolute Gasteiger partial charge is 0.326 e. The summed E-state index contributed by atoms with van der Waals surface area (Å²) in [5.41, 5.74) is 4.86. The molecule has 7 heteroatoms. The second-order valence-electron chi connectivity index (χ2n) is 9.87. The number of fused-ring (bicyclic) bond motifs is 1. The molecule has 192 valence electrons. The number of hydrogen-bond acceptors (Lipinski definition) is 4. The topological polar surface area (TPSA) is 91.0 Å². The molecule has 3 aromatic heterocycles. The number of para-hydroxylation sites is 1. The molecule has 0 saturated heterocycles. The summed E-state index contributed by atoms with van der Waals surface area (Å²) in [7, 11) is 0. The Labute approximate surface area is 218 Å². The van der Waals surface area contributed by atoms with Crippen LogP contribution in [0.2, 0.25) is 0 Å². The van der Waals surface area contributed by atoms with Crippen LogP contribution >= 0.6 is 0 Å². The van der Waals surface area contributed by atoms with E-state index in [0.717, 1.165) is 40.6 Å². The fraction of sp³-hybridized carbons (Fsp3) is 0.333. The third-order valence-corrected chi connectivity index (χ3v) is 6.59. The van der Waals surface area contributed by atoms with Crippen LogP contribution in [0.1, 0.15) is 70.4 Å². The highest BCUT2D eigenvalue weighted by Gasteiger charge is 2.26. The molecule has 0 aliphatic heterocycles. The van der Waals surface area contributed by atoms with E-state index in [1.165, 1.54) is 0 Å². The average molecular weight is 498 g/mol. The molecule has 0 aliphatic rings. The Morgan fingerprint density at radius 1 is 0.973 bits per heavy atom. The van der Waals surface area contributed by atoms with Gasteiger partial charge in [-0.1, -0.05) is 59.2 Å². The van der Waals surface area contributed by atoms with Gasteiger partial charge in [-0.25, -0.2) is 9.78 Å². The first-order valence-electron chi connectivity index (χ1n) is 13.0. The fourth-order valence-electron chi connectivity index (χ4n) is 4.68. The molecule has 1 aromatic carbocycles. The SMILES string of the molecule is CCCCN(C(=O)Nc1c(C(C)C)cccc1C(C)C)c1c(-c2ccncc2)c2cccnc2[nH]c1=O. The molecule has 3 heterocycles. The summed E-state index contributed by atoms with van der Waals surface area (Å²) in [6.07, 6.45) is 6.64. The quantitative estimate of drug-likeness (QED) is 0.272. The lowest BCUT2D eigenvalue weighted by Crippen LogP contribution is -2.40. The van der Waals surface area contributed by atoms with Crippen molar-refractivity contribution in [1.29, 1.82) is 0 Å². The summed E-state index contributed by atoms with van der Waals surface area (Å²) in [5, 5.41) is 3.98. The molecule has 0 radical (unpaired) electrons. The second-order valence-corrected chi connectivity index (χ2v) is 9.87. The van der Waals surface area contributed by atoms with Crippen molar-refractivity contribution in [1.82, 2.24) is 15.0 Å². The van der Waals surface area contributed by atoms with E-state index in [-0.39, 0.29) is 23.4 Å². The van der Waals surface area contributed by atoms with Gasteiger partial charge in [0.1, 0.15) is 11.3 Å². The van der Waals surface area contributed by atoms with Crippen molar-refractivity contribution in [2.45, 2.75) is 59.3 Å². The summed E-state index contributed by atoms with van der Waals surface area (Å²) >= 11 is 0. The molecule has 4 rings (SSSR count). The van der Waals surface area contributed by atoms with E-state index in [1.54, 1.807) is 23.5 Å². The summed E-state index contributed by atoms with van der Waals surface area (Å²) < 4.78 is 0. The van der Waals surface area contributed by atoms with E-state index in [4.69, 9.17) is 0 Å². The van der Waals surface area contributed by atoms with Crippen LogP contribution in [-0.2, 0) is 0 Å². The number of nitrogens with zero attached hydrogens (tertiary/aromatic N) is 3. The van der Waals surface area contributed by atoms with Gasteiger partial charge in [0.25, 0.3) is 5.56 Å². The van der Waals surface area contributed by atoms with Crippen molar-refractivity contribution >= 4 is 28.4 Å². The number of carbonyl (C=O) groups is 1. The van der Waals surface area contributed by atoms with Gasteiger partial charge >= 0.3 is 6.03 Å². The molecular weight excluding hydrogens is 462 g/mol. The number of carbonyl (C=O) groups excluding carboxylic acids is 1. The molecule has 2 N–H and O–H groups in total. The van der Waals surface area contributed by atoms with Crippen molar-refractivity contribution in [3.05, 3.63) is 82.5 Å². The number of H-pyrrole nitrogens is 1. The highest BCUT2D eigenvalue weighted by atomic mass is 16.2. The lowest BCUT2D eigenvalue weighted by molar-refractivity contribution is 0.256. The van der Waals surface area contributed by atoms with Crippen LogP contribution < -0.4 is 15.8 Å². The lowest BCUT2D eigenvalue weighted by Gasteiger charge is -2.27. The molecule has 0 saturated carbocycles. The Balaban J connectivity index is 1.92. The van der Waals surface area contributed by atoms with Gasteiger partial charge in [-0.05, 0) is 59.2 Å². The standard InChI is InChI=1S/C30H35N5O2/c1-6-7-18-35(30(37)33-26-22(19(2)3)10-8-11-23(26)20(4)5)27-25(21-13-16-31-17-14-21)24-12-9-15-32-28(24)34-29(27)36/h8-17,19-20H,6-7,18H2,1-5H3,(H,33,37)(H,32,34,36). The normalized spacial score (nSPS) is 11.3. The van der Waals surface area contributed by atoms with Crippen molar-refractivity contribution in [2.75, 3.05) is 16.8 Å². The summed E-state index contributed by atoms with van der Waals surface area (Å²) in [6.45, 7) is 10.9. The minimum atomic E-state index is -0.356. The third-order valence-electron chi connectivity index (χ3n) is 6.59. The first-order chi connectivity index (χ1) is 17.8. The first-order valence-corrected chi connectivity index (χ1v) is 13.0. The zero-order valence-corrected chi connectivity index (χ0v) is 22.2. The molecule has 0 unspecified atom stereocenters. The van der Waals surface area contributed by atoms with Crippen molar-refractivity contribution in [3.63, 3.8) is 0 Å². The molecule has 0 bridgehead atoms. The van der Waals surface area contributed by atoms with Gasteiger partial charge in [0, 0.05) is 41.8 Å². The maximum Gasteiger partial charge on any atom is 0.326 e. The van der Waals surface area contributed by atoms with Crippen LogP contribution in [0, 0.1) is 0 Å². The molecule has 4 aromatic rings. The van der Waals surface area contributed by atoms with Gasteiger partial charge in [0.2, 0.25) is 0 Å². The lowest BCUT2D eigenvalue weighted by atomic mass is 9.92. The predicted octanol–water partition coefficient (Wildman–Crippen LogP) is 7.07. The summed E-state index contributed by atoms with van der Waals surface area (Å²) in [5.74, 6) is 0.446. The van der Waals surface area contributed by atoms with E-state index in [2.05, 4.69) is 67.0 Å². The molecule has 0 fully saturated rings. The summed E-state index contributed by atoms with van der Waals surface area (Å²) in [6, 6.07) is 13.3. The Hall–Kier alpha value is -4.00. The summed E-state index contributed by atoms with van der Waals surface area (Å²) in [4.78, 5) is 40.7. The Morgan fingerprint density at radius 2 is 1.65 bits per heavy atom. The van der Waals surface area contributed by atoms with Gasteiger partial charge in [-0.2, -0.15) is 0 Å². The third kappa shape index (κ3) is 5.40. The number of hydrogen-bond donors (Lipinski definition) is 2. The molecule has 2 amide bonds. The van der Waals surface area contributed by atoms with E-state index < -0.39 is 0 Å². The number of unbranched alkanes of at least 4 members (excludes halogenated alkanes) is 1. The highest BCUT2D eigenvalue weighted by Crippen LogP contribution is 2.36. The number of amides is 2. The van der Waals surface area contributed by atoms with E-state index >= 15 is 0 Å². The smallest absolute Gasteiger partial charge is 0.307 e. The molecular formula is C30H35N5O2. The van der Waals surface area contributed by atoms with Gasteiger partial charge in [-0.15, -0.1) is 0 Å². The average Bonchev–Trinajstić information content (AvgIpc) is 2.89. The van der Waals surface area contributed by atoms with Crippen LogP contribution in [0.15, 0.2) is 65.8 Å². The second kappa shape index (κ2) is 11.4. The zero-order valence-electron chi connectivity index (χ0n) is 22.2. The van der Waals surface area contributed by atoms with E-state index in [1.807, 2.05) is 30.3 Å². The van der Waals surface area contributed by atoms with Crippen LogP contribution in [-0.4, -0.2) is 27.5 Å². The van der Waals surface area contributed by atoms with Crippen LogP contribution in [0.5, 0.6) is 0 Å². The number of aromatic amines is 1. The number of aromatic nitrogens is 3. The molecule has 0 atom stereocenters. The number of benzene rings is 1. The number of rotatable bonds is 8. The Morgan fingerprint density at radius 3 is 2.27 bits per heavy atom. The molecule has 0 spiro atoms. The van der Waals surface area contributed by atoms with Gasteiger partial charge < -0.3 is 10.3 Å². The van der Waals surface area contributed by atoms with Gasteiger partial charge in [-0.3, -0.25) is 14.7 Å². The number of pyridine rings is 3. The Kier molecular flexibility index (Phi) is 8.01. The predicted molar refractivity (Wildman–Crippen MR) is 151 cm³/mol. The van der Waals surface area contributed by atoms with Crippen molar-refractivity contribution in [3.8, 4) is 11.1 Å². The zero-order chi connectivity index (χ0) is 26.5. The maximum absolute atomic E-state index is 14.1. The Bertz CT molecular complexity index is 1420. The van der Waals surface area contributed by atoms with E-state index in [0.29, 0.717) is 23.4 Å². The fourth-order valence-corrected chi connectivity index (χ4v) is 4.68. The van der Waals surface area contributed by atoms with Crippen LogP contribution in [0.25, 0.3) is 22.2 Å². The van der Waals surface area contributed by atoms with Gasteiger partial charge in [0.05, 0.1) is 0 Å². The highest BCUT2D eigenvalue weighted by molar-refractivity contribution is 6.09. The molecule has 37 heavy (non-hydrogen) atoms. The maximum atomic E-state index is 14.1. The molecule has 0 aliphatic carbocycles. The minimum absolute atomic E-state index is 0.223. The monoisotopic (exact) mass is 497 g/mol. The number of nitrogens with one attached hydrogen (secondary N) is 2. The van der Waals surface area contributed by atoms with Crippen molar-refractivity contribution in [2.24, 2.45) is 0 Å². The molecule has 7 nitrogen and oxygen atoms in total. The van der Waals surface area contributed by atoms with Crippen LogP contribution in [0.3, 0.4) is 0 Å². The van der Waals surface area contributed by atoms with Crippen molar-refractivity contribution < 1.29 is 4.79 Å². The van der Waals surface area contributed by atoms with E-state index in [9.17, 15) is 9.59 Å². The number of anilines is 2.